The highest BCUT2D eigenvalue weighted by Gasteiger charge is 2.28. The van der Waals surface area contributed by atoms with Crippen molar-refractivity contribution in [2.75, 3.05) is 26.3 Å². The first-order chi connectivity index (χ1) is 13.2. The van der Waals surface area contributed by atoms with Crippen molar-refractivity contribution < 1.29 is 23.0 Å². The number of guanidine groups is 1. The minimum absolute atomic E-state index is 0.0806. The van der Waals surface area contributed by atoms with E-state index in [0.29, 0.717) is 36.4 Å². The van der Waals surface area contributed by atoms with Gasteiger partial charge in [-0.05, 0) is 43.2 Å². The van der Waals surface area contributed by atoms with Crippen LogP contribution >= 0.6 is 0 Å². The lowest BCUT2D eigenvalue weighted by molar-refractivity contribution is -0.154. The van der Waals surface area contributed by atoms with E-state index in [1.54, 1.807) is 6.07 Å². The van der Waals surface area contributed by atoms with Gasteiger partial charge in [0.25, 0.3) is 0 Å². The summed E-state index contributed by atoms with van der Waals surface area (Å²) in [7, 11) is 0. The number of aliphatic imine (C=N–C) groups is 1. The predicted molar refractivity (Wildman–Crippen MR) is 103 cm³/mol. The molecule has 0 aliphatic carbocycles. The van der Waals surface area contributed by atoms with Crippen molar-refractivity contribution in [3.63, 3.8) is 0 Å². The average Bonchev–Trinajstić information content (AvgIpc) is 2.61. The Labute approximate surface area is 164 Å². The van der Waals surface area contributed by atoms with Gasteiger partial charge in [0.05, 0.1) is 6.54 Å². The van der Waals surface area contributed by atoms with E-state index in [9.17, 15) is 18.3 Å². The minimum atomic E-state index is -4.40. The van der Waals surface area contributed by atoms with E-state index in [0.717, 1.165) is 12.8 Å². The molecule has 1 heterocycles. The first kappa shape index (κ1) is 24.0. The smallest absolute Gasteiger partial charge is 0.422 e. The quantitative estimate of drug-likeness (QED) is 0.390. The molecule has 160 valence electrons. The highest BCUT2D eigenvalue weighted by Crippen LogP contribution is 2.18. The molecule has 28 heavy (non-hydrogen) atoms. The summed E-state index contributed by atoms with van der Waals surface area (Å²) in [4.78, 5) is 8.26. The number of pyridine rings is 1. The Morgan fingerprint density at radius 3 is 2.68 bits per heavy atom. The third kappa shape index (κ3) is 11.0. The van der Waals surface area contributed by atoms with Crippen LogP contribution in [0.5, 0.6) is 5.88 Å². The van der Waals surface area contributed by atoms with E-state index < -0.39 is 12.8 Å². The lowest BCUT2D eigenvalue weighted by Gasteiger charge is -2.20. The number of nitrogens with one attached hydrogen (secondary N) is 2. The number of alkyl halides is 3. The van der Waals surface area contributed by atoms with Gasteiger partial charge >= 0.3 is 6.18 Å². The van der Waals surface area contributed by atoms with Crippen LogP contribution in [-0.4, -0.2) is 48.5 Å². The fraction of sp³-hybridized carbons (Fsp3) is 0.684. The van der Waals surface area contributed by atoms with Gasteiger partial charge in [-0.15, -0.1) is 0 Å². The molecule has 1 aromatic heterocycles. The third-order valence-corrected chi connectivity index (χ3v) is 3.85. The molecule has 0 radical (unpaired) electrons. The lowest BCUT2D eigenvalue weighted by Crippen LogP contribution is -2.40. The summed E-state index contributed by atoms with van der Waals surface area (Å²) in [6.07, 6.45) is -1.29. The van der Waals surface area contributed by atoms with E-state index in [1.165, 1.54) is 12.3 Å². The molecule has 0 aliphatic rings. The number of hydrogen-bond donors (Lipinski definition) is 3. The largest absolute Gasteiger partial charge is 0.468 e. The average molecular weight is 404 g/mol. The van der Waals surface area contributed by atoms with Crippen molar-refractivity contribution in [2.45, 2.75) is 46.3 Å². The van der Waals surface area contributed by atoms with Crippen LogP contribution in [0.3, 0.4) is 0 Å². The summed E-state index contributed by atoms with van der Waals surface area (Å²) >= 11 is 0. The van der Waals surface area contributed by atoms with Gasteiger partial charge in [0.1, 0.15) is 0 Å². The summed E-state index contributed by atoms with van der Waals surface area (Å²) in [5.41, 5.74) is 0.693. The van der Waals surface area contributed by atoms with Crippen molar-refractivity contribution in [2.24, 2.45) is 16.8 Å². The fourth-order valence-corrected chi connectivity index (χ4v) is 2.69. The molecule has 1 unspecified atom stereocenters. The van der Waals surface area contributed by atoms with Gasteiger partial charge < -0.3 is 20.5 Å². The predicted octanol–water partition coefficient (Wildman–Crippen LogP) is 3.12. The second kappa shape index (κ2) is 12.4. The molecule has 9 heteroatoms. The molecular formula is C19H31F3N4O2. The molecule has 1 atom stereocenters. The highest BCUT2D eigenvalue weighted by molar-refractivity contribution is 5.79. The van der Waals surface area contributed by atoms with Crippen molar-refractivity contribution in [3.8, 4) is 5.88 Å². The van der Waals surface area contributed by atoms with Crippen molar-refractivity contribution in [1.29, 1.82) is 0 Å². The van der Waals surface area contributed by atoms with Gasteiger partial charge in [-0.2, -0.15) is 13.2 Å². The molecule has 3 N–H and O–H groups in total. The molecule has 0 amide bonds. The van der Waals surface area contributed by atoms with Crippen LogP contribution < -0.4 is 15.4 Å². The molecule has 0 aliphatic heterocycles. The number of halogens is 3. The number of aliphatic hydroxyl groups excluding tert-OH is 1. The maximum absolute atomic E-state index is 12.3. The van der Waals surface area contributed by atoms with Crippen LogP contribution in [-0.2, 0) is 6.54 Å². The van der Waals surface area contributed by atoms with Crippen molar-refractivity contribution in [3.05, 3.63) is 23.9 Å². The fourth-order valence-electron chi connectivity index (χ4n) is 2.69. The molecule has 1 aromatic rings. The molecule has 0 aromatic carbocycles. The Hall–Kier alpha value is -2.03. The van der Waals surface area contributed by atoms with Crippen LogP contribution in [0.15, 0.2) is 23.3 Å². The van der Waals surface area contributed by atoms with E-state index in [-0.39, 0.29) is 19.0 Å². The lowest BCUT2D eigenvalue weighted by atomic mass is 9.94. The van der Waals surface area contributed by atoms with Gasteiger partial charge in [0.15, 0.2) is 12.6 Å². The highest BCUT2D eigenvalue weighted by atomic mass is 19.4. The van der Waals surface area contributed by atoms with Crippen molar-refractivity contribution >= 4 is 5.96 Å². The summed E-state index contributed by atoms with van der Waals surface area (Å²) in [6.45, 7) is 6.64. The van der Waals surface area contributed by atoms with Crippen LogP contribution in [0.25, 0.3) is 0 Å². The number of aromatic nitrogens is 1. The maximum Gasteiger partial charge on any atom is 0.422 e. The SMILES string of the molecule is CCNC(=NCc1ccnc(OCC(F)(F)F)c1)NCC(CCO)CC(C)C. The molecule has 0 saturated heterocycles. The van der Waals surface area contributed by atoms with Crippen LogP contribution in [0.4, 0.5) is 13.2 Å². The summed E-state index contributed by atoms with van der Waals surface area (Å²) < 4.78 is 41.4. The van der Waals surface area contributed by atoms with Crippen molar-refractivity contribution in [1.82, 2.24) is 15.6 Å². The Kier molecular flexibility index (Phi) is 10.7. The minimum Gasteiger partial charge on any atom is -0.468 e. The Morgan fingerprint density at radius 2 is 2.07 bits per heavy atom. The van der Waals surface area contributed by atoms with Crippen LogP contribution in [0, 0.1) is 11.8 Å². The zero-order valence-electron chi connectivity index (χ0n) is 16.7. The van der Waals surface area contributed by atoms with Gasteiger partial charge in [-0.3, -0.25) is 0 Å². The molecular weight excluding hydrogens is 373 g/mol. The third-order valence-electron chi connectivity index (χ3n) is 3.85. The number of ether oxygens (including phenoxy) is 1. The van der Waals surface area contributed by atoms with Crippen LogP contribution in [0.1, 0.15) is 39.2 Å². The van der Waals surface area contributed by atoms with Crippen LogP contribution in [0.2, 0.25) is 0 Å². The summed E-state index contributed by atoms with van der Waals surface area (Å²) in [5, 5.41) is 15.6. The number of aliphatic hydroxyl groups is 1. The molecule has 6 nitrogen and oxygen atoms in total. The molecule has 0 saturated carbocycles. The maximum atomic E-state index is 12.3. The van der Waals surface area contributed by atoms with E-state index in [1.807, 2.05) is 6.92 Å². The first-order valence-electron chi connectivity index (χ1n) is 9.51. The Bertz CT molecular complexity index is 595. The normalized spacial score (nSPS) is 13.5. The van der Waals surface area contributed by atoms with Gasteiger partial charge in [0.2, 0.25) is 5.88 Å². The first-order valence-corrected chi connectivity index (χ1v) is 9.51. The van der Waals surface area contributed by atoms with Gasteiger partial charge in [-0.25, -0.2) is 9.98 Å². The zero-order valence-corrected chi connectivity index (χ0v) is 16.7. The van der Waals surface area contributed by atoms with Gasteiger partial charge in [0, 0.05) is 32.0 Å². The van der Waals surface area contributed by atoms with Gasteiger partial charge in [-0.1, -0.05) is 13.8 Å². The zero-order chi connectivity index (χ0) is 21.0. The second-order valence-corrected chi connectivity index (χ2v) is 6.99. The molecule has 0 spiro atoms. The molecule has 1 rings (SSSR count). The van der Waals surface area contributed by atoms with E-state index in [2.05, 4.69) is 39.2 Å². The van der Waals surface area contributed by atoms with E-state index >= 15 is 0 Å². The molecule has 0 bridgehead atoms. The standard InChI is InChI=1S/C19H31F3N4O2/c1-4-23-18(26-12-16(6-8-27)9-14(2)3)25-11-15-5-7-24-17(10-15)28-13-19(20,21)22/h5,7,10,14,16,27H,4,6,8-9,11-13H2,1-3H3,(H2,23,25,26). The summed E-state index contributed by atoms with van der Waals surface area (Å²) in [5.74, 6) is 1.40. The molecule has 0 fully saturated rings. The number of hydrogen-bond acceptors (Lipinski definition) is 4. The Morgan fingerprint density at radius 1 is 1.32 bits per heavy atom. The number of rotatable bonds is 11. The summed E-state index contributed by atoms with van der Waals surface area (Å²) in [6, 6.07) is 3.13. The topological polar surface area (TPSA) is 78.8 Å². The monoisotopic (exact) mass is 404 g/mol. The van der Waals surface area contributed by atoms with E-state index in [4.69, 9.17) is 0 Å². The second-order valence-electron chi connectivity index (χ2n) is 6.99. The Balaban J connectivity index is 2.68. The number of nitrogens with zero attached hydrogens (tertiary/aromatic N) is 2.